The van der Waals surface area contributed by atoms with Gasteiger partial charge in [0, 0.05) is 115 Å². The lowest BCUT2D eigenvalue weighted by Crippen LogP contribution is -2.51. The van der Waals surface area contributed by atoms with Gasteiger partial charge >= 0.3 is 0 Å². The summed E-state index contributed by atoms with van der Waals surface area (Å²) in [4.78, 5) is 79.6. The molecule has 2 aliphatic heterocycles. The Morgan fingerprint density at radius 3 is 1.46 bits per heavy atom. The smallest absolute Gasteiger partial charge is 0.257 e. The maximum Gasteiger partial charge on any atom is 0.257 e. The first-order chi connectivity index (χ1) is 38.2. The lowest BCUT2D eigenvalue weighted by molar-refractivity contribution is -0.0487. The molecule has 0 fully saturated rings. The van der Waals surface area contributed by atoms with E-state index in [1.54, 1.807) is 41.0 Å². The number of amides is 2. The molecule has 3 N–H and O–H groups in total. The van der Waals surface area contributed by atoms with E-state index in [1.165, 1.54) is 42.7 Å². The van der Waals surface area contributed by atoms with Gasteiger partial charge in [-0.1, -0.05) is 12.1 Å². The zero-order valence-electron chi connectivity index (χ0n) is 47.0. The number of benzene rings is 2. The topological polar surface area (TPSA) is 255 Å². The number of aromatic nitrogens is 2. The minimum Gasteiger partial charge on any atom is -0.503 e. The van der Waals surface area contributed by atoms with Crippen LogP contribution in [0, 0.1) is 34.1 Å². The molecule has 0 radical (unpaired) electrons. The second-order valence-electron chi connectivity index (χ2n) is 20.2. The molecular weight excluding hydrogens is 1110 g/mol. The number of ketones is 2. The highest BCUT2D eigenvalue weighted by molar-refractivity contribution is 7.58. The Morgan fingerprint density at radius 2 is 1.06 bits per heavy atom. The molecule has 4 aromatic rings. The van der Waals surface area contributed by atoms with Crippen LogP contribution < -0.4 is 26.2 Å². The van der Waals surface area contributed by atoms with Crippen LogP contribution in [0.2, 0.25) is 0 Å². The Bertz CT molecular complexity index is 3160. The quantitative estimate of drug-likeness (QED) is 0.0293. The highest BCUT2D eigenvalue weighted by Crippen LogP contribution is 2.45. The molecule has 6 rings (SSSR count). The normalized spacial score (nSPS) is 20.0. The van der Waals surface area contributed by atoms with E-state index in [4.69, 9.17) is 32.7 Å². The van der Waals surface area contributed by atoms with Gasteiger partial charge in [0.15, 0.2) is 37.8 Å². The van der Waals surface area contributed by atoms with E-state index in [2.05, 4.69) is 10.6 Å². The summed E-state index contributed by atoms with van der Waals surface area (Å²) >= 11 is 0. The maximum absolute atomic E-state index is 14.0. The Morgan fingerprint density at radius 1 is 0.654 bits per heavy atom. The number of carbonyl (C=O) groups is 4. The third-order valence-electron chi connectivity index (χ3n) is 14.2. The van der Waals surface area contributed by atoms with E-state index in [1.807, 2.05) is 0 Å². The van der Waals surface area contributed by atoms with E-state index in [0.29, 0.717) is 56.9 Å². The minimum absolute atomic E-state index is 0.00412. The summed E-state index contributed by atoms with van der Waals surface area (Å²) in [6.45, 7) is 11.1. The number of methoxy groups -OCH3 is 3. The number of hydrogen-bond donors (Lipinski definition) is 3. The first-order valence-corrected chi connectivity index (χ1v) is 30.7. The van der Waals surface area contributed by atoms with E-state index < -0.39 is 107 Å². The van der Waals surface area contributed by atoms with Gasteiger partial charge in [0.1, 0.15) is 45.8 Å². The van der Waals surface area contributed by atoms with Gasteiger partial charge in [-0.15, -0.1) is 0 Å². The number of carbonyl (C=O) groups excluding carboxylic acids is 4. The average molecular weight is 1180 g/mol. The average Bonchev–Trinajstić information content (AvgIpc) is 3.43. The van der Waals surface area contributed by atoms with Crippen LogP contribution in [0.3, 0.4) is 0 Å². The van der Waals surface area contributed by atoms with Crippen molar-refractivity contribution in [2.75, 3.05) is 86.6 Å². The molecule has 6 unspecified atom stereocenters. The number of halogens is 4. The second kappa shape index (κ2) is 28.9. The number of Topliss-reactive ketones (excluding diaryl/α,β-unsaturated/α-hetero) is 2. The van der Waals surface area contributed by atoms with Crippen molar-refractivity contribution in [1.29, 1.82) is 0 Å². The third kappa shape index (κ3) is 16.2. The van der Waals surface area contributed by atoms with Crippen LogP contribution in [0.1, 0.15) is 106 Å². The number of fused-ring (bicyclic) bond motifs is 2. The molecule has 6 atom stereocenters. The highest BCUT2D eigenvalue weighted by atomic mass is 31.2. The molecule has 2 aromatic heterocycles. The number of rotatable bonds is 27. The Hall–Kier alpha value is -5.84. The lowest BCUT2D eigenvalue weighted by atomic mass is 9.73. The second-order valence-corrected chi connectivity index (χ2v) is 25.6. The first kappa shape index (κ1) is 66.0. The SMILES string of the molecule is CCOP(C)(=O)CCCOC1Cn2cc(C(=O)NCc3ccc(F)cc3F)c(=O)c(O)c2C(=O)C1(C)CCOC.CCOP(C)(=O)CCCOC1Cn2cc(C(=O)NCc3ccc(F)cc3F)c(=O)c(OC)c2C(=O)C1(C)CCOC. The Balaban J connectivity index is 0.000000297. The number of aromatic hydroxyl groups is 1. The van der Waals surface area contributed by atoms with Gasteiger partial charge < -0.3 is 57.6 Å². The fourth-order valence-corrected chi connectivity index (χ4v) is 12.3. The summed E-state index contributed by atoms with van der Waals surface area (Å²) in [5.41, 5.74) is -5.10. The highest BCUT2D eigenvalue weighted by Gasteiger charge is 2.50. The van der Waals surface area contributed by atoms with Crippen molar-refractivity contribution in [3.63, 3.8) is 0 Å². The largest absolute Gasteiger partial charge is 0.503 e. The van der Waals surface area contributed by atoms with Crippen LogP contribution in [0.15, 0.2) is 58.4 Å². The van der Waals surface area contributed by atoms with Gasteiger partial charge in [-0.25, -0.2) is 17.6 Å². The number of ether oxygens (including phenoxy) is 5. The maximum atomic E-state index is 14.0. The summed E-state index contributed by atoms with van der Waals surface area (Å²) in [5, 5.41) is 15.6. The van der Waals surface area contributed by atoms with Crippen molar-refractivity contribution < 1.29 is 83.7 Å². The van der Waals surface area contributed by atoms with Crippen molar-refractivity contribution in [3.05, 3.63) is 126 Å². The molecule has 0 spiro atoms. The zero-order chi connectivity index (χ0) is 60.0. The fraction of sp³-hybridized carbons (Fsp3) is 0.527. The van der Waals surface area contributed by atoms with Gasteiger partial charge in [0.05, 0.1) is 56.5 Å². The summed E-state index contributed by atoms with van der Waals surface area (Å²) in [5.74, 6) is -7.10. The van der Waals surface area contributed by atoms with E-state index in [9.17, 15) is 60.6 Å². The molecular formula is C55H72F4N4O16P2. The van der Waals surface area contributed by atoms with Gasteiger partial charge in [-0.05, 0) is 65.5 Å². The number of nitrogens with zero attached hydrogens (tertiary/aromatic N) is 2. The Kier molecular flexibility index (Phi) is 23.5. The van der Waals surface area contributed by atoms with Crippen LogP contribution in [-0.4, -0.2) is 136 Å². The summed E-state index contributed by atoms with van der Waals surface area (Å²) in [6, 6.07) is 5.81. The number of nitrogens with one attached hydrogen (secondary N) is 2. The predicted octanol–water partition coefficient (Wildman–Crippen LogP) is 7.74. The molecule has 26 heteroatoms. The standard InChI is InChI=1S/C28H37F2N2O8P.C27H35F2N2O8P/c1-6-40-41(5,36)13-7-11-39-22-17-32-16-20(27(35)31-15-18-8-9-19(29)14-21(18)30)24(33)25(38-4)23(32)26(34)28(22,2)10-12-37-3;1-5-39-40(4,36)12-6-10-38-21-16-31-15-19(26(35)30-14-17-7-8-18(28)13-20(17)29)23(32)24(33)22(31)25(34)27(21,2)9-11-37-3/h8-9,14,16,22H,6-7,10-13,15,17H2,1-5H3,(H,31,35);7-8,13,15,21,33H,5-6,9-12,14,16H2,1-4H3,(H,30,35). The molecule has 2 aromatic carbocycles. The molecule has 4 heterocycles. The van der Waals surface area contributed by atoms with Crippen LogP contribution in [0.4, 0.5) is 17.6 Å². The van der Waals surface area contributed by atoms with Gasteiger partial charge in [-0.2, -0.15) is 0 Å². The molecule has 2 amide bonds. The van der Waals surface area contributed by atoms with Crippen molar-refractivity contribution in [3.8, 4) is 11.5 Å². The molecule has 446 valence electrons. The fourth-order valence-electron chi connectivity index (χ4n) is 9.51. The third-order valence-corrected chi connectivity index (χ3v) is 18.1. The summed E-state index contributed by atoms with van der Waals surface area (Å²) < 4.78 is 121. The van der Waals surface area contributed by atoms with E-state index in [0.717, 1.165) is 24.4 Å². The van der Waals surface area contributed by atoms with Crippen molar-refractivity contribution >= 4 is 38.1 Å². The number of hydrogen-bond acceptors (Lipinski definition) is 16. The lowest BCUT2D eigenvalue weighted by Gasteiger charge is -2.41. The van der Waals surface area contributed by atoms with E-state index >= 15 is 0 Å². The van der Waals surface area contributed by atoms with Gasteiger partial charge in [0.2, 0.25) is 10.9 Å². The first-order valence-electron chi connectivity index (χ1n) is 26.2. The Labute approximate surface area is 467 Å². The summed E-state index contributed by atoms with van der Waals surface area (Å²) in [6.07, 6.45) is 3.00. The minimum atomic E-state index is -2.77. The van der Waals surface area contributed by atoms with Crippen molar-refractivity contribution in [1.82, 2.24) is 19.8 Å². The molecule has 2 aliphatic rings. The molecule has 0 bridgehead atoms. The van der Waals surface area contributed by atoms with E-state index in [-0.39, 0.29) is 92.9 Å². The summed E-state index contributed by atoms with van der Waals surface area (Å²) in [7, 11) is -1.29. The van der Waals surface area contributed by atoms with Crippen molar-refractivity contribution in [2.24, 2.45) is 10.8 Å². The molecule has 0 saturated heterocycles. The molecule has 20 nitrogen and oxygen atoms in total. The van der Waals surface area contributed by atoms with Crippen LogP contribution >= 0.6 is 14.7 Å². The van der Waals surface area contributed by atoms with Crippen LogP contribution in [-0.2, 0) is 63.3 Å². The van der Waals surface area contributed by atoms with Gasteiger partial charge in [0.25, 0.3) is 11.8 Å². The molecule has 0 aliphatic carbocycles. The number of pyridine rings is 2. The van der Waals surface area contributed by atoms with Gasteiger partial charge in [-0.3, -0.25) is 37.9 Å². The van der Waals surface area contributed by atoms with Crippen molar-refractivity contribution in [2.45, 2.75) is 91.8 Å². The zero-order valence-corrected chi connectivity index (χ0v) is 48.7. The molecule has 81 heavy (non-hydrogen) atoms. The monoisotopic (exact) mass is 1180 g/mol. The molecule has 0 saturated carbocycles. The van der Waals surface area contributed by atoms with Crippen LogP contribution in [0.5, 0.6) is 11.5 Å². The van der Waals surface area contributed by atoms with Crippen LogP contribution in [0.25, 0.3) is 0 Å². The predicted molar refractivity (Wildman–Crippen MR) is 291 cm³/mol.